The highest BCUT2D eigenvalue weighted by atomic mass is 15.3. The summed E-state index contributed by atoms with van der Waals surface area (Å²) in [7, 11) is 0. The van der Waals surface area contributed by atoms with Crippen LogP contribution in [-0.4, -0.2) is 33.8 Å². The molecule has 0 saturated carbocycles. The average molecular weight is 222 g/mol. The lowest BCUT2D eigenvalue weighted by Crippen LogP contribution is -2.35. The Labute approximate surface area is 97.4 Å². The largest absolute Gasteiger partial charge is 0.329 e. The molecule has 1 aliphatic heterocycles. The second-order valence-electron chi connectivity index (χ2n) is 4.86. The molecule has 90 valence electrons. The smallest absolute Gasteiger partial charge is 0.0527 e. The van der Waals surface area contributed by atoms with Crippen LogP contribution in [0.4, 0.5) is 0 Å². The second-order valence-corrected chi connectivity index (χ2v) is 4.86. The monoisotopic (exact) mass is 222 g/mol. The van der Waals surface area contributed by atoms with E-state index in [-0.39, 0.29) is 0 Å². The molecule has 2 rings (SSSR count). The maximum Gasteiger partial charge on any atom is 0.0527 e. The Kier molecular flexibility index (Phi) is 3.61. The molecule has 16 heavy (non-hydrogen) atoms. The first-order valence-corrected chi connectivity index (χ1v) is 6.19. The minimum absolute atomic E-state index is 0.434. The van der Waals surface area contributed by atoms with Crippen LogP contribution < -0.4 is 5.73 Å². The number of nitrogens with zero attached hydrogens (tertiary/aromatic N) is 3. The molecule has 0 spiro atoms. The summed E-state index contributed by atoms with van der Waals surface area (Å²) < 4.78 is 2.10. The summed E-state index contributed by atoms with van der Waals surface area (Å²) in [6, 6.07) is 3.12. The van der Waals surface area contributed by atoms with Gasteiger partial charge in [0.25, 0.3) is 0 Å². The van der Waals surface area contributed by atoms with E-state index < -0.39 is 0 Å². The predicted octanol–water partition coefficient (Wildman–Crippen LogP) is 1.39. The van der Waals surface area contributed by atoms with Gasteiger partial charge in [0, 0.05) is 31.4 Å². The summed E-state index contributed by atoms with van der Waals surface area (Å²) in [5.74, 6) is 0. The summed E-state index contributed by atoms with van der Waals surface area (Å²) in [4.78, 5) is 2.48. The van der Waals surface area contributed by atoms with Gasteiger partial charge < -0.3 is 5.73 Å². The fourth-order valence-electron chi connectivity index (χ4n) is 2.51. The molecule has 1 unspecified atom stereocenters. The van der Waals surface area contributed by atoms with Crippen LogP contribution in [0.3, 0.4) is 0 Å². The number of nitrogens with two attached hydrogens (primary N) is 1. The van der Waals surface area contributed by atoms with E-state index >= 15 is 0 Å². The summed E-state index contributed by atoms with van der Waals surface area (Å²) in [5.41, 5.74) is 7.09. The second kappa shape index (κ2) is 4.97. The van der Waals surface area contributed by atoms with Crippen LogP contribution in [-0.2, 0) is 6.54 Å². The van der Waals surface area contributed by atoms with Crippen LogP contribution in [0.25, 0.3) is 0 Å². The third-order valence-corrected chi connectivity index (χ3v) is 3.38. The molecule has 1 fully saturated rings. The summed E-state index contributed by atoms with van der Waals surface area (Å²) >= 11 is 0. The maximum absolute atomic E-state index is 5.79. The van der Waals surface area contributed by atoms with Crippen molar-refractivity contribution in [3.05, 3.63) is 18.0 Å². The minimum Gasteiger partial charge on any atom is -0.329 e. The van der Waals surface area contributed by atoms with Crippen molar-refractivity contribution in [1.29, 1.82) is 0 Å². The Hall–Kier alpha value is -0.870. The van der Waals surface area contributed by atoms with Crippen molar-refractivity contribution in [3.8, 4) is 0 Å². The topological polar surface area (TPSA) is 47.1 Å². The fourth-order valence-corrected chi connectivity index (χ4v) is 2.51. The van der Waals surface area contributed by atoms with Gasteiger partial charge in [-0.05, 0) is 39.3 Å². The lowest BCUT2D eigenvalue weighted by atomic mass is 10.2. The van der Waals surface area contributed by atoms with E-state index in [1.54, 1.807) is 0 Å². The number of hydrogen-bond donors (Lipinski definition) is 1. The van der Waals surface area contributed by atoms with Gasteiger partial charge in [0.05, 0.1) is 5.69 Å². The number of rotatable bonds is 4. The van der Waals surface area contributed by atoms with Crippen molar-refractivity contribution in [2.24, 2.45) is 5.73 Å². The van der Waals surface area contributed by atoms with E-state index in [0.29, 0.717) is 12.1 Å². The van der Waals surface area contributed by atoms with Gasteiger partial charge in [-0.25, -0.2) is 0 Å². The Morgan fingerprint density at radius 3 is 3.06 bits per heavy atom. The molecule has 0 aromatic carbocycles. The molecule has 4 nitrogen and oxygen atoms in total. The van der Waals surface area contributed by atoms with Crippen LogP contribution in [0.5, 0.6) is 0 Å². The molecule has 4 heteroatoms. The van der Waals surface area contributed by atoms with E-state index in [4.69, 9.17) is 5.73 Å². The zero-order valence-electron chi connectivity index (χ0n) is 10.3. The number of aromatic nitrogens is 2. The molecule has 1 aromatic rings. The van der Waals surface area contributed by atoms with Crippen LogP contribution in [0.2, 0.25) is 0 Å². The molecule has 1 aliphatic rings. The minimum atomic E-state index is 0.434. The first-order chi connectivity index (χ1) is 7.72. The molecule has 1 saturated heterocycles. The van der Waals surface area contributed by atoms with Crippen molar-refractivity contribution in [2.75, 3.05) is 13.1 Å². The van der Waals surface area contributed by atoms with E-state index in [0.717, 1.165) is 13.1 Å². The van der Waals surface area contributed by atoms with Gasteiger partial charge in [-0.2, -0.15) is 5.10 Å². The first-order valence-electron chi connectivity index (χ1n) is 6.19. The van der Waals surface area contributed by atoms with Crippen molar-refractivity contribution in [2.45, 2.75) is 45.3 Å². The molecule has 2 heterocycles. The molecule has 1 aromatic heterocycles. The lowest BCUT2D eigenvalue weighted by Gasteiger charge is -2.24. The molecule has 0 amide bonds. The normalized spacial score (nSPS) is 22.1. The molecular weight excluding hydrogens is 200 g/mol. The van der Waals surface area contributed by atoms with Gasteiger partial charge in [-0.15, -0.1) is 0 Å². The molecule has 0 bridgehead atoms. The highest BCUT2D eigenvalue weighted by Gasteiger charge is 2.24. The van der Waals surface area contributed by atoms with Crippen molar-refractivity contribution in [1.82, 2.24) is 14.7 Å². The zero-order valence-corrected chi connectivity index (χ0v) is 10.3. The third-order valence-electron chi connectivity index (χ3n) is 3.38. The van der Waals surface area contributed by atoms with Crippen LogP contribution in [0.1, 0.15) is 38.4 Å². The zero-order chi connectivity index (χ0) is 11.5. The molecule has 2 N–H and O–H groups in total. The molecular formula is C12H22N4. The van der Waals surface area contributed by atoms with Crippen molar-refractivity contribution < 1.29 is 0 Å². The number of hydrogen-bond acceptors (Lipinski definition) is 3. The molecule has 0 radical (unpaired) electrons. The Bertz CT molecular complexity index is 332. The van der Waals surface area contributed by atoms with Crippen molar-refractivity contribution >= 4 is 0 Å². The van der Waals surface area contributed by atoms with Crippen LogP contribution >= 0.6 is 0 Å². The first kappa shape index (κ1) is 11.6. The SMILES string of the molecule is CC(C)n1nccc1CN1CCCC1CN. The fraction of sp³-hybridized carbons (Fsp3) is 0.750. The van der Waals surface area contributed by atoms with Gasteiger partial charge >= 0.3 is 0 Å². The van der Waals surface area contributed by atoms with Crippen molar-refractivity contribution in [3.63, 3.8) is 0 Å². The van der Waals surface area contributed by atoms with E-state index in [1.807, 2.05) is 6.20 Å². The van der Waals surface area contributed by atoms with E-state index in [1.165, 1.54) is 25.1 Å². The van der Waals surface area contributed by atoms with Gasteiger partial charge in [0.1, 0.15) is 0 Å². The van der Waals surface area contributed by atoms with E-state index in [9.17, 15) is 0 Å². The highest BCUT2D eigenvalue weighted by molar-refractivity contribution is 5.02. The highest BCUT2D eigenvalue weighted by Crippen LogP contribution is 2.20. The van der Waals surface area contributed by atoms with Crippen LogP contribution in [0, 0.1) is 0 Å². The maximum atomic E-state index is 5.79. The van der Waals surface area contributed by atoms with Gasteiger partial charge in [0.2, 0.25) is 0 Å². The summed E-state index contributed by atoms with van der Waals surface area (Å²) in [6.45, 7) is 7.27. The quantitative estimate of drug-likeness (QED) is 0.837. The Morgan fingerprint density at radius 1 is 1.56 bits per heavy atom. The Balaban J connectivity index is 2.05. The average Bonchev–Trinajstić information content (AvgIpc) is 2.86. The lowest BCUT2D eigenvalue weighted by molar-refractivity contribution is 0.240. The standard InChI is InChI=1S/C12H22N4/c1-10(2)16-12(5-6-14-16)9-15-7-3-4-11(15)8-13/h5-6,10-11H,3-4,7-9,13H2,1-2H3. The molecule has 1 atom stereocenters. The number of likely N-dealkylation sites (tertiary alicyclic amines) is 1. The van der Waals surface area contributed by atoms with Gasteiger partial charge in [-0.1, -0.05) is 0 Å². The summed E-state index contributed by atoms with van der Waals surface area (Å²) in [5, 5.41) is 4.37. The third kappa shape index (κ3) is 2.28. The van der Waals surface area contributed by atoms with Gasteiger partial charge in [0.15, 0.2) is 0 Å². The van der Waals surface area contributed by atoms with Crippen LogP contribution in [0.15, 0.2) is 12.3 Å². The molecule has 0 aliphatic carbocycles. The van der Waals surface area contributed by atoms with E-state index in [2.05, 4.69) is 34.6 Å². The Morgan fingerprint density at radius 2 is 2.38 bits per heavy atom. The predicted molar refractivity (Wildman–Crippen MR) is 65.1 cm³/mol. The van der Waals surface area contributed by atoms with Gasteiger partial charge in [-0.3, -0.25) is 9.58 Å². The summed E-state index contributed by atoms with van der Waals surface area (Å²) in [6.07, 6.45) is 4.41.